The maximum Gasteiger partial charge on any atom is 0.193 e. The molecule has 3 unspecified atom stereocenters. The Morgan fingerprint density at radius 3 is 2.62 bits per heavy atom. The number of hydrogen-bond acceptors (Lipinski definition) is 2. The van der Waals surface area contributed by atoms with Gasteiger partial charge in [-0.2, -0.15) is 0 Å². The van der Waals surface area contributed by atoms with Crippen molar-refractivity contribution in [3.05, 3.63) is 0 Å². The minimum Gasteiger partial charge on any atom is -0.373 e. The second kappa shape index (κ2) is 6.05. The molecule has 2 aliphatic heterocycles. The Kier molecular flexibility index (Phi) is 5.30. The van der Waals surface area contributed by atoms with E-state index in [9.17, 15) is 0 Å². The van der Waals surface area contributed by atoms with E-state index in [0.717, 1.165) is 18.9 Å². The molecular formula is C11H22IN3O. The van der Waals surface area contributed by atoms with Crippen LogP contribution in [-0.4, -0.2) is 49.7 Å². The summed E-state index contributed by atoms with van der Waals surface area (Å²) >= 11 is 0. The van der Waals surface area contributed by atoms with Crippen molar-refractivity contribution in [1.29, 1.82) is 0 Å². The largest absolute Gasteiger partial charge is 0.373 e. The van der Waals surface area contributed by atoms with Crippen LogP contribution in [0, 0.1) is 0 Å². The summed E-state index contributed by atoms with van der Waals surface area (Å²) in [4.78, 5) is 6.48. The molecule has 0 radical (unpaired) electrons. The number of halogens is 1. The van der Waals surface area contributed by atoms with Crippen LogP contribution in [0.3, 0.4) is 0 Å². The van der Waals surface area contributed by atoms with Crippen LogP contribution in [0.2, 0.25) is 0 Å². The maximum atomic E-state index is 5.81. The van der Waals surface area contributed by atoms with E-state index in [1.54, 1.807) is 0 Å². The highest BCUT2D eigenvalue weighted by Gasteiger charge is 2.41. The molecule has 0 aromatic rings. The predicted molar refractivity (Wildman–Crippen MR) is 76.5 cm³/mol. The Morgan fingerprint density at radius 1 is 1.44 bits per heavy atom. The molecule has 2 heterocycles. The molecule has 2 bridgehead atoms. The van der Waals surface area contributed by atoms with Gasteiger partial charge < -0.3 is 15.0 Å². The lowest BCUT2D eigenvalue weighted by atomic mass is 9.96. The molecule has 0 aromatic carbocycles. The summed E-state index contributed by atoms with van der Waals surface area (Å²) in [6.07, 6.45) is 4.50. The van der Waals surface area contributed by atoms with Gasteiger partial charge in [-0.15, -0.1) is 24.0 Å². The lowest BCUT2D eigenvalue weighted by Crippen LogP contribution is -2.47. The summed E-state index contributed by atoms with van der Waals surface area (Å²) in [6.45, 7) is 2.88. The van der Waals surface area contributed by atoms with Gasteiger partial charge in [0.1, 0.15) is 0 Å². The topological polar surface area (TPSA) is 36.9 Å². The molecule has 2 saturated heterocycles. The third-order valence-corrected chi connectivity index (χ3v) is 3.15. The van der Waals surface area contributed by atoms with E-state index in [0.29, 0.717) is 18.2 Å². The first-order valence-corrected chi connectivity index (χ1v) is 5.84. The van der Waals surface area contributed by atoms with Crippen molar-refractivity contribution in [3.63, 3.8) is 0 Å². The van der Waals surface area contributed by atoms with Gasteiger partial charge in [-0.05, 0) is 26.2 Å². The van der Waals surface area contributed by atoms with E-state index in [1.165, 1.54) is 12.8 Å². The van der Waals surface area contributed by atoms with Crippen molar-refractivity contribution < 1.29 is 4.74 Å². The smallest absolute Gasteiger partial charge is 0.193 e. The van der Waals surface area contributed by atoms with Crippen molar-refractivity contribution in [2.24, 2.45) is 4.99 Å². The number of nitrogens with one attached hydrogen (secondary N) is 1. The number of ether oxygens (including phenoxy) is 1. The van der Waals surface area contributed by atoms with E-state index in [-0.39, 0.29) is 24.0 Å². The summed E-state index contributed by atoms with van der Waals surface area (Å²) in [7, 11) is 4.05. The molecule has 2 fully saturated rings. The molecule has 16 heavy (non-hydrogen) atoms. The summed E-state index contributed by atoms with van der Waals surface area (Å²) in [6, 6.07) is 0.469. The molecule has 5 heteroatoms. The zero-order chi connectivity index (χ0) is 10.8. The average Bonchev–Trinajstić information content (AvgIpc) is 2.78. The first-order chi connectivity index (χ1) is 7.20. The number of aliphatic imine (C=N–C) groups is 1. The predicted octanol–water partition coefficient (Wildman–Crippen LogP) is 1.45. The summed E-state index contributed by atoms with van der Waals surface area (Å²) < 4.78 is 5.81. The summed E-state index contributed by atoms with van der Waals surface area (Å²) in [5.74, 6) is 0.985. The van der Waals surface area contributed by atoms with Crippen molar-refractivity contribution in [1.82, 2.24) is 10.2 Å². The summed E-state index contributed by atoms with van der Waals surface area (Å²) in [5.41, 5.74) is 0. The van der Waals surface area contributed by atoms with Crippen LogP contribution in [0.4, 0.5) is 0 Å². The van der Waals surface area contributed by atoms with Crippen molar-refractivity contribution in [2.45, 2.75) is 44.4 Å². The lowest BCUT2D eigenvalue weighted by molar-refractivity contribution is 0.0990. The fraction of sp³-hybridized carbons (Fsp3) is 0.909. The minimum absolute atomic E-state index is 0. The van der Waals surface area contributed by atoms with Gasteiger partial charge in [-0.25, -0.2) is 0 Å². The molecule has 1 N–H and O–H groups in total. The molecule has 2 rings (SSSR count). The highest BCUT2D eigenvalue weighted by Crippen LogP contribution is 2.34. The van der Waals surface area contributed by atoms with Gasteiger partial charge in [-0.1, -0.05) is 0 Å². The fourth-order valence-electron chi connectivity index (χ4n) is 2.42. The van der Waals surface area contributed by atoms with Crippen LogP contribution in [0.15, 0.2) is 4.99 Å². The zero-order valence-corrected chi connectivity index (χ0v) is 12.6. The number of nitrogens with zero attached hydrogens (tertiary/aromatic N) is 2. The molecular weight excluding hydrogens is 317 g/mol. The molecule has 0 amide bonds. The van der Waals surface area contributed by atoms with Gasteiger partial charge in [0.25, 0.3) is 0 Å². The van der Waals surface area contributed by atoms with Crippen molar-refractivity contribution in [2.75, 3.05) is 20.6 Å². The quantitative estimate of drug-likeness (QED) is 0.470. The van der Waals surface area contributed by atoms with Crippen molar-refractivity contribution in [3.8, 4) is 0 Å². The molecule has 0 aliphatic carbocycles. The number of rotatable bonds is 2. The van der Waals surface area contributed by atoms with E-state index >= 15 is 0 Å². The Balaban J connectivity index is 0.00000128. The van der Waals surface area contributed by atoms with Crippen LogP contribution in [0.1, 0.15) is 26.2 Å². The van der Waals surface area contributed by atoms with Gasteiger partial charge in [0.15, 0.2) is 5.96 Å². The highest BCUT2D eigenvalue weighted by atomic mass is 127. The van der Waals surface area contributed by atoms with Crippen LogP contribution < -0.4 is 5.32 Å². The Labute approximate surface area is 115 Å². The molecule has 4 nitrogen and oxygen atoms in total. The molecule has 0 spiro atoms. The summed E-state index contributed by atoms with van der Waals surface area (Å²) in [5, 5.41) is 3.50. The zero-order valence-electron chi connectivity index (χ0n) is 10.3. The average molecular weight is 339 g/mol. The Bertz CT molecular complexity index is 258. The van der Waals surface area contributed by atoms with Crippen LogP contribution in [-0.2, 0) is 4.74 Å². The highest BCUT2D eigenvalue weighted by molar-refractivity contribution is 14.0. The maximum absolute atomic E-state index is 5.81. The Hall–Kier alpha value is -0.0400. The van der Waals surface area contributed by atoms with Crippen LogP contribution in [0.25, 0.3) is 0 Å². The number of hydrogen-bond donors (Lipinski definition) is 1. The lowest BCUT2D eigenvalue weighted by Gasteiger charge is -2.25. The molecule has 2 aliphatic rings. The van der Waals surface area contributed by atoms with Gasteiger partial charge >= 0.3 is 0 Å². The normalized spacial score (nSPS) is 32.4. The SMILES string of the molecule is CCN=C(NC1CC2CCC1O2)N(C)C.I. The van der Waals surface area contributed by atoms with E-state index in [4.69, 9.17) is 4.74 Å². The van der Waals surface area contributed by atoms with E-state index < -0.39 is 0 Å². The third kappa shape index (κ3) is 3.00. The standard InChI is InChI=1S/C11H21N3O.HI/c1-4-12-11(14(2)3)13-9-7-8-5-6-10(9)15-8;/h8-10H,4-7H2,1-3H3,(H,12,13);1H. The van der Waals surface area contributed by atoms with Crippen LogP contribution in [0.5, 0.6) is 0 Å². The molecule has 94 valence electrons. The first kappa shape index (κ1) is 14.0. The minimum atomic E-state index is 0. The molecule has 0 aromatic heterocycles. The third-order valence-electron chi connectivity index (χ3n) is 3.15. The van der Waals surface area contributed by atoms with Gasteiger partial charge in [0.2, 0.25) is 0 Å². The Morgan fingerprint density at radius 2 is 2.19 bits per heavy atom. The first-order valence-electron chi connectivity index (χ1n) is 5.84. The van der Waals surface area contributed by atoms with E-state index in [2.05, 4.69) is 17.2 Å². The van der Waals surface area contributed by atoms with Crippen molar-refractivity contribution >= 4 is 29.9 Å². The number of guanidine groups is 1. The molecule has 3 atom stereocenters. The monoisotopic (exact) mass is 339 g/mol. The second-order valence-corrected chi connectivity index (χ2v) is 4.55. The van der Waals surface area contributed by atoms with Gasteiger partial charge in [0.05, 0.1) is 18.2 Å². The van der Waals surface area contributed by atoms with Gasteiger partial charge in [0, 0.05) is 20.6 Å². The van der Waals surface area contributed by atoms with Gasteiger partial charge in [-0.3, -0.25) is 4.99 Å². The molecule has 0 saturated carbocycles. The second-order valence-electron chi connectivity index (χ2n) is 4.55. The fourth-order valence-corrected chi connectivity index (χ4v) is 2.42. The number of fused-ring (bicyclic) bond motifs is 2. The van der Waals surface area contributed by atoms with Crippen LogP contribution >= 0.6 is 24.0 Å². The van der Waals surface area contributed by atoms with E-state index in [1.807, 2.05) is 19.0 Å².